The number of nitrogens with zero attached hydrogens (tertiary/aromatic N) is 1. The monoisotopic (exact) mass is 375 g/mol. The van der Waals surface area contributed by atoms with E-state index in [9.17, 15) is 0 Å². The number of hydrogen-bond acceptors (Lipinski definition) is 2. The third-order valence-electron chi connectivity index (χ3n) is 6.78. The summed E-state index contributed by atoms with van der Waals surface area (Å²) < 4.78 is 0. The third-order valence-corrected chi connectivity index (χ3v) is 6.78. The second kappa shape index (κ2) is 8.50. The average molecular weight is 376 g/mol. The van der Waals surface area contributed by atoms with Crippen molar-refractivity contribution in [2.45, 2.75) is 37.6 Å². The molecule has 2 N–H and O–H groups in total. The first-order valence-electron chi connectivity index (χ1n) is 10.7. The van der Waals surface area contributed by atoms with Gasteiger partial charge < -0.3 is 10.3 Å². The van der Waals surface area contributed by atoms with E-state index >= 15 is 0 Å². The molecule has 1 saturated carbocycles. The summed E-state index contributed by atoms with van der Waals surface area (Å²) in [6.45, 7) is 2.19. The Morgan fingerprint density at radius 2 is 1.71 bits per heavy atom. The highest BCUT2D eigenvalue weighted by atomic mass is 15.1. The van der Waals surface area contributed by atoms with Crippen molar-refractivity contribution in [3.8, 4) is 0 Å². The van der Waals surface area contributed by atoms with Crippen molar-refractivity contribution >= 4 is 10.9 Å². The summed E-state index contributed by atoms with van der Waals surface area (Å²) in [4.78, 5) is 5.83. The second-order valence-electron chi connectivity index (χ2n) is 8.55. The van der Waals surface area contributed by atoms with E-state index in [2.05, 4.69) is 90.1 Å². The van der Waals surface area contributed by atoms with Gasteiger partial charge in [0, 0.05) is 22.6 Å². The molecule has 0 bridgehead atoms. The van der Waals surface area contributed by atoms with Gasteiger partial charge in [0.2, 0.25) is 0 Å². The Kier molecular flexibility index (Phi) is 5.84. The lowest BCUT2D eigenvalue weighted by atomic mass is 9.72. The molecule has 28 heavy (non-hydrogen) atoms. The van der Waals surface area contributed by atoms with Gasteiger partial charge in [-0.05, 0) is 82.4 Å². The van der Waals surface area contributed by atoms with Crippen molar-refractivity contribution < 1.29 is 0 Å². The van der Waals surface area contributed by atoms with E-state index in [4.69, 9.17) is 0 Å². The number of benzene rings is 2. The van der Waals surface area contributed by atoms with Gasteiger partial charge in [-0.25, -0.2) is 0 Å². The summed E-state index contributed by atoms with van der Waals surface area (Å²) in [5.41, 5.74) is 4.35. The minimum Gasteiger partial charge on any atom is -0.361 e. The second-order valence-corrected chi connectivity index (χ2v) is 8.55. The van der Waals surface area contributed by atoms with E-state index in [1.165, 1.54) is 47.7 Å². The zero-order valence-electron chi connectivity index (χ0n) is 17.2. The number of H-pyrrole nitrogens is 1. The van der Waals surface area contributed by atoms with Crippen molar-refractivity contribution in [1.29, 1.82) is 0 Å². The molecule has 1 heterocycles. The van der Waals surface area contributed by atoms with Gasteiger partial charge in [-0.1, -0.05) is 48.5 Å². The van der Waals surface area contributed by atoms with Gasteiger partial charge in [0.15, 0.2) is 0 Å². The molecule has 2 aromatic carbocycles. The Morgan fingerprint density at radius 1 is 1.00 bits per heavy atom. The molecule has 0 saturated heterocycles. The van der Waals surface area contributed by atoms with Crippen LogP contribution in [0.3, 0.4) is 0 Å². The Balaban J connectivity index is 1.27. The molecule has 1 fully saturated rings. The minimum atomic E-state index is 0.210. The number of rotatable bonds is 7. The van der Waals surface area contributed by atoms with Gasteiger partial charge in [0.25, 0.3) is 0 Å². The van der Waals surface area contributed by atoms with E-state index in [1.54, 1.807) is 0 Å². The maximum atomic E-state index is 3.73. The fraction of sp³-hybridized carbons (Fsp3) is 0.440. The summed E-state index contributed by atoms with van der Waals surface area (Å²) >= 11 is 0. The van der Waals surface area contributed by atoms with E-state index in [1.807, 2.05) is 0 Å². The molecular formula is C25H33N3. The lowest BCUT2D eigenvalue weighted by molar-refractivity contribution is 0.0771. The van der Waals surface area contributed by atoms with Crippen LogP contribution in [0.5, 0.6) is 0 Å². The van der Waals surface area contributed by atoms with Crippen LogP contribution in [0.1, 0.15) is 36.8 Å². The molecule has 0 aliphatic heterocycles. The number of aromatic amines is 1. The number of aromatic nitrogens is 1. The summed E-state index contributed by atoms with van der Waals surface area (Å²) in [5.74, 6) is 0.791. The summed E-state index contributed by atoms with van der Waals surface area (Å²) in [5, 5.41) is 5.09. The maximum absolute atomic E-state index is 3.73. The Hall–Kier alpha value is -2.10. The minimum absolute atomic E-state index is 0.210. The molecule has 0 atom stereocenters. The molecule has 1 aliphatic rings. The van der Waals surface area contributed by atoms with Crippen molar-refractivity contribution in [2.24, 2.45) is 5.92 Å². The van der Waals surface area contributed by atoms with Crippen molar-refractivity contribution in [3.63, 3.8) is 0 Å². The first kappa shape index (κ1) is 19.2. The smallest absolute Gasteiger partial charge is 0.0456 e. The SMILES string of the molecule is CN(C)C1(c2ccccc2)CCC(CNCCc2c[nH]c3ccccc23)CC1. The lowest BCUT2D eigenvalue weighted by Gasteiger charge is -2.45. The molecule has 3 nitrogen and oxygen atoms in total. The first-order chi connectivity index (χ1) is 13.7. The van der Waals surface area contributed by atoms with E-state index in [-0.39, 0.29) is 5.54 Å². The molecule has 1 aromatic heterocycles. The largest absolute Gasteiger partial charge is 0.361 e. The van der Waals surface area contributed by atoms with Crippen LogP contribution in [-0.2, 0) is 12.0 Å². The van der Waals surface area contributed by atoms with Gasteiger partial charge in [-0.15, -0.1) is 0 Å². The summed E-state index contributed by atoms with van der Waals surface area (Å²) in [7, 11) is 4.49. The molecule has 3 aromatic rings. The summed E-state index contributed by atoms with van der Waals surface area (Å²) in [6, 6.07) is 19.7. The molecule has 3 heteroatoms. The van der Waals surface area contributed by atoms with Crippen LogP contribution in [0.4, 0.5) is 0 Å². The van der Waals surface area contributed by atoms with Gasteiger partial charge in [-0.3, -0.25) is 4.90 Å². The zero-order valence-corrected chi connectivity index (χ0v) is 17.2. The van der Waals surface area contributed by atoms with Crippen LogP contribution in [0.2, 0.25) is 0 Å². The quantitative estimate of drug-likeness (QED) is 0.573. The zero-order chi connectivity index (χ0) is 19.4. The van der Waals surface area contributed by atoms with Crippen LogP contribution < -0.4 is 5.32 Å². The van der Waals surface area contributed by atoms with Crippen molar-refractivity contribution in [3.05, 3.63) is 71.9 Å². The standard InChI is InChI=1S/C25H33N3/c1-28(2)25(22-8-4-3-5-9-22)15-12-20(13-16-25)18-26-17-14-21-19-27-24-11-7-6-10-23(21)24/h3-11,19-20,26-27H,12-18H2,1-2H3. The van der Waals surface area contributed by atoms with Gasteiger partial charge in [0.1, 0.15) is 0 Å². The van der Waals surface area contributed by atoms with Crippen LogP contribution in [0.15, 0.2) is 60.8 Å². The fourth-order valence-corrected chi connectivity index (χ4v) is 4.97. The fourth-order valence-electron chi connectivity index (χ4n) is 4.97. The molecular weight excluding hydrogens is 342 g/mol. The predicted octanol–water partition coefficient (Wildman–Crippen LogP) is 4.95. The van der Waals surface area contributed by atoms with Crippen LogP contribution in [0, 0.1) is 5.92 Å². The molecule has 0 unspecified atom stereocenters. The molecule has 0 amide bonds. The highest BCUT2D eigenvalue weighted by molar-refractivity contribution is 5.83. The highest BCUT2D eigenvalue weighted by Gasteiger charge is 2.38. The van der Waals surface area contributed by atoms with E-state index in [0.29, 0.717) is 0 Å². The number of fused-ring (bicyclic) bond motifs is 1. The maximum Gasteiger partial charge on any atom is 0.0456 e. The molecule has 148 valence electrons. The van der Waals surface area contributed by atoms with Gasteiger partial charge in [0.05, 0.1) is 0 Å². The number of para-hydroxylation sites is 1. The average Bonchev–Trinajstić information content (AvgIpc) is 3.15. The first-order valence-corrected chi connectivity index (χ1v) is 10.7. The van der Waals surface area contributed by atoms with E-state index in [0.717, 1.165) is 25.4 Å². The van der Waals surface area contributed by atoms with Crippen LogP contribution >= 0.6 is 0 Å². The highest BCUT2D eigenvalue weighted by Crippen LogP contribution is 2.42. The number of hydrogen-bond donors (Lipinski definition) is 2. The predicted molar refractivity (Wildman–Crippen MR) is 119 cm³/mol. The molecule has 4 rings (SSSR count). The molecule has 0 radical (unpaired) electrons. The van der Waals surface area contributed by atoms with Gasteiger partial charge in [-0.2, -0.15) is 0 Å². The van der Waals surface area contributed by atoms with Crippen LogP contribution in [0.25, 0.3) is 10.9 Å². The Morgan fingerprint density at radius 3 is 2.46 bits per heavy atom. The van der Waals surface area contributed by atoms with Gasteiger partial charge >= 0.3 is 0 Å². The molecule has 1 aliphatic carbocycles. The Labute approximate surface area is 169 Å². The van der Waals surface area contributed by atoms with E-state index < -0.39 is 0 Å². The third kappa shape index (κ3) is 3.87. The van der Waals surface area contributed by atoms with Crippen LogP contribution in [-0.4, -0.2) is 37.1 Å². The van der Waals surface area contributed by atoms with Crippen molar-refractivity contribution in [1.82, 2.24) is 15.2 Å². The normalized spacial score (nSPS) is 22.8. The Bertz CT molecular complexity index is 873. The van der Waals surface area contributed by atoms with Crippen molar-refractivity contribution in [2.75, 3.05) is 27.2 Å². The topological polar surface area (TPSA) is 31.1 Å². The summed E-state index contributed by atoms with van der Waals surface area (Å²) in [6.07, 6.45) is 8.35. The number of nitrogens with one attached hydrogen (secondary N) is 2. The lowest BCUT2D eigenvalue weighted by Crippen LogP contribution is -2.45. The molecule has 0 spiro atoms.